The van der Waals surface area contributed by atoms with Crippen LogP contribution in [0.5, 0.6) is 0 Å². The summed E-state index contributed by atoms with van der Waals surface area (Å²) in [5.74, 6) is 0.428. The Balaban J connectivity index is 1.71. The normalized spacial score (nSPS) is 14.7. The third kappa shape index (κ3) is 2.70. The number of benzene rings is 2. The van der Waals surface area contributed by atoms with Crippen molar-refractivity contribution in [3.05, 3.63) is 87.0 Å². The highest BCUT2D eigenvalue weighted by Gasteiger charge is 2.24. The lowest BCUT2D eigenvalue weighted by atomic mass is 10.0. The van der Waals surface area contributed by atoms with Crippen molar-refractivity contribution in [2.45, 2.75) is 19.9 Å². The largest absolute Gasteiger partial charge is 0.292 e. The first-order valence-electron chi connectivity index (χ1n) is 9.17. The van der Waals surface area contributed by atoms with Crippen molar-refractivity contribution in [1.82, 2.24) is 9.55 Å². The first-order chi connectivity index (χ1) is 13.6. The summed E-state index contributed by atoms with van der Waals surface area (Å²) in [6, 6.07) is 16.5. The number of hydrogen-bond acceptors (Lipinski definition) is 3. The molecule has 0 radical (unpaired) electrons. The zero-order valence-electron chi connectivity index (χ0n) is 15.3. The van der Waals surface area contributed by atoms with Gasteiger partial charge < -0.3 is 0 Å². The molecule has 4 aromatic rings. The molecule has 1 aliphatic rings. The van der Waals surface area contributed by atoms with Crippen molar-refractivity contribution in [2.75, 3.05) is 0 Å². The highest BCUT2D eigenvalue weighted by Crippen LogP contribution is 2.37. The van der Waals surface area contributed by atoms with Gasteiger partial charge in [0, 0.05) is 17.0 Å². The summed E-state index contributed by atoms with van der Waals surface area (Å²) in [5, 5.41) is 0.699. The van der Waals surface area contributed by atoms with Crippen LogP contribution in [-0.4, -0.2) is 9.55 Å². The van der Waals surface area contributed by atoms with Crippen LogP contribution in [0.1, 0.15) is 22.7 Å². The molecule has 1 aliphatic heterocycles. The number of fused-ring (bicyclic) bond motifs is 2. The topological polar surface area (TPSA) is 34.9 Å². The summed E-state index contributed by atoms with van der Waals surface area (Å²) < 4.78 is 15.3. The van der Waals surface area contributed by atoms with Gasteiger partial charge in [0.05, 0.1) is 5.39 Å². The van der Waals surface area contributed by atoms with Crippen LogP contribution in [-0.2, 0) is 6.54 Å². The number of aromatic nitrogens is 2. The number of halogens is 1. The van der Waals surface area contributed by atoms with Crippen LogP contribution in [0.25, 0.3) is 33.0 Å². The molecule has 0 saturated heterocycles. The molecular weight excluding hydrogens is 371 g/mol. The van der Waals surface area contributed by atoms with Gasteiger partial charge in [0.1, 0.15) is 16.5 Å². The Morgan fingerprint density at radius 1 is 1.14 bits per heavy atom. The maximum Gasteiger partial charge on any atom is 0.263 e. The van der Waals surface area contributed by atoms with Gasteiger partial charge in [-0.05, 0) is 48.3 Å². The van der Waals surface area contributed by atoms with Gasteiger partial charge in [-0.3, -0.25) is 9.36 Å². The van der Waals surface area contributed by atoms with E-state index in [2.05, 4.69) is 0 Å². The second kappa shape index (κ2) is 6.53. The molecule has 138 valence electrons. The first-order valence-corrected chi connectivity index (χ1v) is 9.99. The molecular formula is C23H17FN2OS. The number of nitrogens with zero attached hydrogens (tertiary/aromatic N) is 2. The van der Waals surface area contributed by atoms with E-state index in [1.807, 2.05) is 49.4 Å². The van der Waals surface area contributed by atoms with Crippen LogP contribution in [0.4, 0.5) is 4.39 Å². The van der Waals surface area contributed by atoms with E-state index < -0.39 is 0 Å². The van der Waals surface area contributed by atoms with Crippen molar-refractivity contribution < 1.29 is 4.39 Å². The zero-order chi connectivity index (χ0) is 19.3. The molecule has 0 unspecified atom stereocenters. The highest BCUT2D eigenvalue weighted by molar-refractivity contribution is 7.19. The van der Waals surface area contributed by atoms with Gasteiger partial charge >= 0.3 is 0 Å². The summed E-state index contributed by atoms with van der Waals surface area (Å²) in [5.41, 5.74) is 3.78. The van der Waals surface area contributed by atoms with E-state index in [0.29, 0.717) is 17.8 Å². The molecule has 0 atom stereocenters. The lowest BCUT2D eigenvalue weighted by Crippen LogP contribution is -2.20. The molecule has 0 amide bonds. The molecule has 2 aromatic heterocycles. The SMILES string of the molecule is Cc1sc2nc3n(c(=O)c2c1-c1ccccc1)CC/C3=C/c1cccc(F)c1. The molecule has 0 N–H and O–H groups in total. The molecule has 0 fully saturated rings. The average Bonchev–Trinajstić information content (AvgIpc) is 3.24. The number of aryl methyl sites for hydroxylation is 1. The van der Waals surface area contributed by atoms with E-state index in [9.17, 15) is 9.18 Å². The predicted octanol–water partition coefficient (Wildman–Crippen LogP) is 5.52. The van der Waals surface area contributed by atoms with Crippen molar-refractivity contribution in [2.24, 2.45) is 0 Å². The fourth-order valence-corrected chi connectivity index (χ4v) is 4.91. The van der Waals surface area contributed by atoms with Crippen LogP contribution in [0.3, 0.4) is 0 Å². The van der Waals surface area contributed by atoms with Gasteiger partial charge in [-0.2, -0.15) is 0 Å². The third-order valence-corrected chi connectivity index (χ3v) is 6.13. The standard InChI is InChI=1S/C23H17FN2OS/c1-14-19(16-7-3-2-4-8-16)20-22(28-14)25-21-17(10-11-26(21)23(20)27)12-15-6-5-9-18(24)13-15/h2-9,12-13H,10-11H2,1H3/b17-12-. The lowest BCUT2D eigenvalue weighted by Gasteiger charge is -2.05. The van der Waals surface area contributed by atoms with E-state index in [1.54, 1.807) is 22.0 Å². The van der Waals surface area contributed by atoms with Crippen molar-refractivity contribution in [3.8, 4) is 11.1 Å². The molecule has 28 heavy (non-hydrogen) atoms. The lowest BCUT2D eigenvalue weighted by molar-refractivity contribution is 0.627. The molecule has 0 saturated carbocycles. The van der Waals surface area contributed by atoms with Crippen LogP contribution in [0, 0.1) is 12.7 Å². The van der Waals surface area contributed by atoms with Gasteiger partial charge in [-0.1, -0.05) is 42.5 Å². The summed E-state index contributed by atoms with van der Waals surface area (Å²) in [4.78, 5) is 20.0. The first kappa shape index (κ1) is 17.1. The Bertz CT molecular complexity index is 1300. The van der Waals surface area contributed by atoms with Gasteiger partial charge in [-0.25, -0.2) is 9.37 Å². The Morgan fingerprint density at radius 3 is 2.75 bits per heavy atom. The predicted molar refractivity (Wildman–Crippen MR) is 113 cm³/mol. The van der Waals surface area contributed by atoms with E-state index in [0.717, 1.165) is 38.4 Å². The van der Waals surface area contributed by atoms with E-state index >= 15 is 0 Å². The molecule has 0 aliphatic carbocycles. The summed E-state index contributed by atoms with van der Waals surface area (Å²) in [7, 11) is 0. The molecule has 0 spiro atoms. The van der Waals surface area contributed by atoms with E-state index in [-0.39, 0.29) is 11.4 Å². The maximum absolute atomic E-state index is 13.5. The number of hydrogen-bond donors (Lipinski definition) is 0. The number of rotatable bonds is 2. The summed E-state index contributed by atoms with van der Waals surface area (Å²) in [6.45, 7) is 2.63. The van der Waals surface area contributed by atoms with Gasteiger partial charge in [0.2, 0.25) is 0 Å². The Kier molecular flexibility index (Phi) is 3.98. The Hall–Kier alpha value is -3.05. The quantitative estimate of drug-likeness (QED) is 0.453. The minimum absolute atomic E-state index is 0.00541. The second-order valence-electron chi connectivity index (χ2n) is 6.95. The average molecular weight is 388 g/mol. The van der Waals surface area contributed by atoms with Crippen molar-refractivity contribution >= 4 is 33.2 Å². The summed E-state index contributed by atoms with van der Waals surface area (Å²) >= 11 is 1.55. The highest BCUT2D eigenvalue weighted by atomic mass is 32.1. The van der Waals surface area contributed by atoms with Gasteiger partial charge in [0.25, 0.3) is 5.56 Å². The second-order valence-corrected chi connectivity index (χ2v) is 8.15. The van der Waals surface area contributed by atoms with Crippen molar-refractivity contribution in [1.29, 1.82) is 0 Å². The molecule has 2 aromatic carbocycles. The minimum Gasteiger partial charge on any atom is -0.292 e. The third-order valence-electron chi connectivity index (χ3n) is 5.13. The minimum atomic E-state index is -0.269. The van der Waals surface area contributed by atoms with Crippen LogP contribution < -0.4 is 5.56 Å². The van der Waals surface area contributed by atoms with Crippen LogP contribution in [0.15, 0.2) is 59.4 Å². The number of thiophene rings is 1. The van der Waals surface area contributed by atoms with Crippen LogP contribution >= 0.6 is 11.3 Å². The van der Waals surface area contributed by atoms with E-state index in [1.165, 1.54) is 12.1 Å². The van der Waals surface area contributed by atoms with Gasteiger partial charge in [0.15, 0.2) is 0 Å². The molecule has 5 rings (SSSR count). The zero-order valence-corrected chi connectivity index (χ0v) is 16.1. The summed E-state index contributed by atoms with van der Waals surface area (Å²) in [6.07, 6.45) is 2.65. The Labute approximate surface area is 165 Å². The molecule has 5 heteroatoms. The molecule has 3 heterocycles. The number of allylic oxidation sites excluding steroid dienone is 1. The van der Waals surface area contributed by atoms with Gasteiger partial charge in [-0.15, -0.1) is 11.3 Å². The maximum atomic E-state index is 13.5. The Morgan fingerprint density at radius 2 is 1.96 bits per heavy atom. The van der Waals surface area contributed by atoms with Crippen molar-refractivity contribution in [3.63, 3.8) is 0 Å². The molecule has 0 bridgehead atoms. The fraction of sp³-hybridized carbons (Fsp3) is 0.130. The fourth-order valence-electron chi connectivity index (χ4n) is 3.88. The van der Waals surface area contributed by atoms with Crippen LogP contribution in [0.2, 0.25) is 0 Å². The molecule has 3 nitrogen and oxygen atoms in total. The van der Waals surface area contributed by atoms with E-state index in [4.69, 9.17) is 4.98 Å². The smallest absolute Gasteiger partial charge is 0.263 e. The monoisotopic (exact) mass is 388 g/mol.